The first-order chi connectivity index (χ1) is 9.56. The molecule has 2 aromatic rings. The number of hydrogen-bond donors (Lipinski definition) is 1. The molecule has 0 fully saturated rings. The van der Waals surface area contributed by atoms with Crippen LogP contribution in [0.1, 0.15) is 28.4 Å². The van der Waals surface area contributed by atoms with Gasteiger partial charge in [-0.25, -0.2) is 0 Å². The Kier molecular flexibility index (Phi) is 4.30. The molecule has 0 saturated carbocycles. The van der Waals surface area contributed by atoms with Crippen LogP contribution in [0.15, 0.2) is 36.4 Å². The van der Waals surface area contributed by atoms with Gasteiger partial charge in [0.05, 0.1) is 14.2 Å². The van der Waals surface area contributed by atoms with Crippen LogP contribution in [0.4, 0.5) is 0 Å². The quantitative estimate of drug-likeness (QED) is 0.927. The van der Waals surface area contributed by atoms with E-state index in [2.05, 4.69) is 0 Å². The van der Waals surface area contributed by atoms with E-state index in [1.807, 2.05) is 50.2 Å². The van der Waals surface area contributed by atoms with Crippen molar-refractivity contribution < 1.29 is 14.6 Å². The van der Waals surface area contributed by atoms with Gasteiger partial charge in [0.25, 0.3) is 0 Å². The van der Waals surface area contributed by atoms with Gasteiger partial charge < -0.3 is 14.6 Å². The van der Waals surface area contributed by atoms with Crippen LogP contribution in [-0.2, 0) is 0 Å². The van der Waals surface area contributed by atoms with Gasteiger partial charge in [0, 0.05) is 5.56 Å². The average Bonchev–Trinajstić information content (AvgIpc) is 2.47. The second kappa shape index (κ2) is 5.97. The van der Waals surface area contributed by atoms with Crippen LogP contribution in [0.3, 0.4) is 0 Å². The fourth-order valence-electron chi connectivity index (χ4n) is 2.25. The van der Waals surface area contributed by atoms with Gasteiger partial charge in [0.1, 0.15) is 17.6 Å². The summed E-state index contributed by atoms with van der Waals surface area (Å²) in [5.41, 5.74) is 3.67. The number of ether oxygens (including phenoxy) is 2. The summed E-state index contributed by atoms with van der Waals surface area (Å²) >= 11 is 0. The van der Waals surface area contributed by atoms with E-state index in [1.165, 1.54) is 0 Å². The lowest BCUT2D eigenvalue weighted by Gasteiger charge is -2.17. The first kappa shape index (κ1) is 14.4. The number of aliphatic hydroxyl groups is 1. The maximum atomic E-state index is 10.6. The number of aryl methyl sites for hydroxylation is 2. The van der Waals surface area contributed by atoms with Crippen molar-refractivity contribution in [2.75, 3.05) is 14.2 Å². The molecule has 0 radical (unpaired) electrons. The first-order valence-electron chi connectivity index (χ1n) is 6.54. The fourth-order valence-corrected chi connectivity index (χ4v) is 2.25. The van der Waals surface area contributed by atoms with Gasteiger partial charge >= 0.3 is 0 Å². The summed E-state index contributed by atoms with van der Waals surface area (Å²) in [6.45, 7) is 3.97. The molecule has 0 bridgehead atoms. The first-order valence-corrected chi connectivity index (χ1v) is 6.54. The molecular formula is C17H20O3. The molecular weight excluding hydrogens is 252 g/mol. The van der Waals surface area contributed by atoms with Crippen LogP contribution in [0.25, 0.3) is 0 Å². The minimum atomic E-state index is -0.737. The highest BCUT2D eigenvalue weighted by Gasteiger charge is 2.16. The SMILES string of the molecule is COc1cc(C(O)c2cc(C)ccc2OC)ccc1C. The Morgan fingerprint density at radius 3 is 2.25 bits per heavy atom. The van der Waals surface area contributed by atoms with Crippen LogP contribution in [-0.4, -0.2) is 19.3 Å². The zero-order valence-corrected chi connectivity index (χ0v) is 12.3. The van der Waals surface area contributed by atoms with Crippen molar-refractivity contribution >= 4 is 0 Å². The molecule has 1 N–H and O–H groups in total. The molecule has 20 heavy (non-hydrogen) atoms. The van der Waals surface area contributed by atoms with E-state index in [0.29, 0.717) is 5.75 Å². The summed E-state index contributed by atoms with van der Waals surface area (Å²) in [4.78, 5) is 0. The Morgan fingerprint density at radius 2 is 1.60 bits per heavy atom. The average molecular weight is 272 g/mol. The summed E-state index contributed by atoms with van der Waals surface area (Å²) < 4.78 is 10.6. The smallest absolute Gasteiger partial charge is 0.125 e. The Bertz CT molecular complexity index is 605. The Hall–Kier alpha value is -2.00. The van der Waals surface area contributed by atoms with Crippen molar-refractivity contribution in [1.82, 2.24) is 0 Å². The predicted molar refractivity (Wildman–Crippen MR) is 79.5 cm³/mol. The number of aliphatic hydroxyl groups excluding tert-OH is 1. The highest BCUT2D eigenvalue weighted by Crippen LogP contribution is 2.33. The van der Waals surface area contributed by atoms with Crippen molar-refractivity contribution in [3.8, 4) is 11.5 Å². The number of methoxy groups -OCH3 is 2. The van der Waals surface area contributed by atoms with Gasteiger partial charge in [0.15, 0.2) is 0 Å². The lowest BCUT2D eigenvalue weighted by Crippen LogP contribution is -2.03. The molecule has 2 rings (SSSR count). The van der Waals surface area contributed by atoms with Crippen LogP contribution in [0, 0.1) is 13.8 Å². The third-order valence-corrected chi connectivity index (χ3v) is 3.43. The minimum Gasteiger partial charge on any atom is -0.496 e. The number of benzene rings is 2. The zero-order chi connectivity index (χ0) is 14.7. The molecule has 0 spiro atoms. The summed E-state index contributed by atoms with van der Waals surface area (Å²) in [5, 5.41) is 10.6. The van der Waals surface area contributed by atoms with Gasteiger partial charge in [-0.15, -0.1) is 0 Å². The molecule has 106 valence electrons. The standard InChI is InChI=1S/C17H20O3/c1-11-5-8-15(19-3)14(9-11)17(18)13-7-6-12(2)16(10-13)20-4/h5-10,17-18H,1-4H3. The lowest BCUT2D eigenvalue weighted by molar-refractivity contribution is 0.214. The van der Waals surface area contributed by atoms with E-state index in [-0.39, 0.29) is 0 Å². The van der Waals surface area contributed by atoms with Gasteiger partial charge in [-0.3, -0.25) is 0 Å². The summed E-state index contributed by atoms with van der Waals surface area (Å²) in [6.07, 6.45) is -0.737. The third-order valence-electron chi connectivity index (χ3n) is 3.43. The van der Waals surface area contributed by atoms with Gasteiger partial charge in [0.2, 0.25) is 0 Å². The molecule has 0 aliphatic rings. The van der Waals surface area contributed by atoms with E-state index in [1.54, 1.807) is 14.2 Å². The van der Waals surface area contributed by atoms with Gasteiger partial charge in [-0.1, -0.05) is 23.8 Å². The second-order valence-corrected chi connectivity index (χ2v) is 4.88. The molecule has 1 unspecified atom stereocenters. The molecule has 0 aliphatic carbocycles. The van der Waals surface area contributed by atoms with Crippen molar-refractivity contribution in [2.24, 2.45) is 0 Å². The van der Waals surface area contributed by atoms with Gasteiger partial charge in [-0.05, 0) is 43.2 Å². The van der Waals surface area contributed by atoms with Crippen molar-refractivity contribution in [2.45, 2.75) is 20.0 Å². The van der Waals surface area contributed by atoms with E-state index in [0.717, 1.165) is 28.0 Å². The maximum absolute atomic E-state index is 10.6. The number of rotatable bonds is 4. The summed E-state index contributed by atoms with van der Waals surface area (Å²) in [6, 6.07) is 11.5. The topological polar surface area (TPSA) is 38.7 Å². The highest BCUT2D eigenvalue weighted by molar-refractivity contribution is 5.45. The van der Waals surface area contributed by atoms with Crippen LogP contribution in [0.2, 0.25) is 0 Å². The van der Waals surface area contributed by atoms with E-state index in [9.17, 15) is 5.11 Å². The van der Waals surface area contributed by atoms with Crippen LogP contribution < -0.4 is 9.47 Å². The van der Waals surface area contributed by atoms with Gasteiger partial charge in [-0.2, -0.15) is 0 Å². The summed E-state index contributed by atoms with van der Waals surface area (Å²) in [5.74, 6) is 1.45. The maximum Gasteiger partial charge on any atom is 0.125 e. The third kappa shape index (κ3) is 2.78. The molecule has 3 heteroatoms. The molecule has 0 aliphatic heterocycles. The minimum absolute atomic E-state index is 0.683. The molecule has 3 nitrogen and oxygen atoms in total. The molecule has 0 heterocycles. The molecule has 0 amide bonds. The zero-order valence-electron chi connectivity index (χ0n) is 12.3. The lowest BCUT2D eigenvalue weighted by atomic mass is 9.98. The van der Waals surface area contributed by atoms with Crippen molar-refractivity contribution in [3.63, 3.8) is 0 Å². The largest absolute Gasteiger partial charge is 0.496 e. The molecule has 1 atom stereocenters. The normalized spacial score (nSPS) is 12.1. The van der Waals surface area contributed by atoms with Crippen LogP contribution in [0.5, 0.6) is 11.5 Å². The fraction of sp³-hybridized carbons (Fsp3) is 0.294. The molecule has 0 aromatic heterocycles. The van der Waals surface area contributed by atoms with E-state index in [4.69, 9.17) is 9.47 Å². The molecule has 0 saturated heterocycles. The van der Waals surface area contributed by atoms with E-state index < -0.39 is 6.10 Å². The second-order valence-electron chi connectivity index (χ2n) is 4.88. The molecule has 2 aromatic carbocycles. The summed E-state index contributed by atoms with van der Waals surface area (Å²) in [7, 11) is 3.24. The predicted octanol–water partition coefficient (Wildman–Crippen LogP) is 3.40. The van der Waals surface area contributed by atoms with E-state index >= 15 is 0 Å². The number of hydrogen-bond acceptors (Lipinski definition) is 3. The van der Waals surface area contributed by atoms with Crippen molar-refractivity contribution in [3.05, 3.63) is 58.7 Å². The Balaban J connectivity index is 2.45. The Morgan fingerprint density at radius 1 is 0.900 bits per heavy atom. The Labute approximate surface area is 119 Å². The van der Waals surface area contributed by atoms with Crippen LogP contribution >= 0.6 is 0 Å². The monoisotopic (exact) mass is 272 g/mol. The highest BCUT2D eigenvalue weighted by atomic mass is 16.5. The van der Waals surface area contributed by atoms with Crippen molar-refractivity contribution in [1.29, 1.82) is 0 Å².